The summed E-state index contributed by atoms with van der Waals surface area (Å²) in [5.41, 5.74) is 5.75. The van der Waals surface area contributed by atoms with Gasteiger partial charge in [0, 0.05) is 13.1 Å². The van der Waals surface area contributed by atoms with Crippen LogP contribution in [-0.4, -0.2) is 48.2 Å². The molecule has 1 aromatic rings. The molecule has 2 rings (SSSR count). The standard InChI is InChI=1S/C13H23N5O/c1-10(8-18-5-3-4-6-18)7-15-13-11(19-2)12(14)16-9-17-13/h9-10H,3-8H2,1-2H3,(H3,14,15,16,17). The van der Waals surface area contributed by atoms with Gasteiger partial charge in [-0.25, -0.2) is 9.97 Å². The fourth-order valence-corrected chi connectivity index (χ4v) is 2.46. The molecule has 1 atom stereocenters. The molecule has 3 N–H and O–H groups in total. The smallest absolute Gasteiger partial charge is 0.203 e. The lowest BCUT2D eigenvalue weighted by Crippen LogP contribution is -2.29. The number of hydrogen-bond donors (Lipinski definition) is 2. The molecule has 1 unspecified atom stereocenters. The lowest BCUT2D eigenvalue weighted by atomic mass is 10.1. The number of rotatable bonds is 6. The minimum absolute atomic E-state index is 0.368. The van der Waals surface area contributed by atoms with E-state index < -0.39 is 0 Å². The number of methoxy groups -OCH3 is 1. The Morgan fingerprint density at radius 2 is 2.16 bits per heavy atom. The molecule has 1 aliphatic heterocycles. The van der Waals surface area contributed by atoms with Crippen LogP contribution in [0.15, 0.2) is 6.33 Å². The first-order chi connectivity index (χ1) is 9.20. The highest BCUT2D eigenvalue weighted by Crippen LogP contribution is 2.26. The van der Waals surface area contributed by atoms with Crippen LogP contribution in [0.2, 0.25) is 0 Å². The monoisotopic (exact) mass is 265 g/mol. The Hall–Kier alpha value is -1.56. The van der Waals surface area contributed by atoms with Crippen molar-refractivity contribution >= 4 is 11.6 Å². The van der Waals surface area contributed by atoms with E-state index in [9.17, 15) is 0 Å². The first kappa shape index (κ1) is 13.9. The number of nitrogens with zero attached hydrogens (tertiary/aromatic N) is 3. The molecule has 0 saturated carbocycles. The Morgan fingerprint density at radius 3 is 2.84 bits per heavy atom. The quantitative estimate of drug-likeness (QED) is 0.805. The zero-order chi connectivity index (χ0) is 13.7. The van der Waals surface area contributed by atoms with E-state index in [1.54, 1.807) is 7.11 Å². The average molecular weight is 265 g/mol. The first-order valence-corrected chi connectivity index (χ1v) is 6.81. The van der Waals surface area contributed by atoms with Gasteiger partial charge in [-0.15, -0.1) is 0 Å². The van der Waals surface area contributed by atoms with E-state index in [0.717, 1.165) is 13.1 Å². The van der Waals surface area contributed by atoms with Gasteiger partial charge in [0.2, 0.25) is 5.75 Å². The maximum Gasteiger partial charge on any atom is 0.203 e. The summed E-state index contributed by atoms with van der Waals surface area (Å²) < 4.78 is 5.22. The normalized spacial score (nSPS) is 17.4. The van der Waals surface area contributed by atoms with E-state index in [4.69, 9.17) is 10.5 Å². The summed E-state index contributed by atoms with van der Waals surface area (Å²) >= 11 is 0. The third-order valence-corrected chi connectivity index (χ3v) is 3.42. The molecular formula is C13H23N5O. The predicted octanol–water partition coefficient (Wildman–Crippen LogP) is 1.21. The van der Waals surface area contributed by atoms with Crippen molar-refractivity contribution in [1.82, 2.24) is 14.9 Å². The fourth-order valence-electron chi connectivity index (χ4n) is 2.46. The molecule has 0 aliphatic carbocycles. The van der Waals surface area contributed by atoms with Crippen molar-refractivity contribution in [3.8, 4) is 5.75 Å². The molecule has 1 aromatic heterocycles. The van der Waals surface area contributed by atoms with E-state index in [0.29, 0.717) is 23.3 Å². The van der Waals surface area contributed by atoms with Crippen LogP contribution in [-0.2, 0) is 0 Å². The summed E-state index contributed by atoms with van der Waals surface area (Å²) in [6, 6.07) is 0. The summed E-state index contributed by atoms with van der Waals surface area (Å²) in [4.78, 5) is 10.6. The Kier molecular flexibility index (Phi) is 4.79. The van der Waals surface area contributed by atoms with E-state index in [1.807, 2.05) is 0 Å². The summed E-state index contributed by atoms with van der Waals surface area (Å²) in [6.45, 7) is 6.67. The zero-order valence-electron chi connectivity index (χ0n) is 11.7. The highest BCUT2D eigenvalue weighted by atomic mass is 16.5. The lowest BCUT2D eigenvalue weighted by molar-refractivity contribution is 0.294. The molecular weight excluding hydrogens is 242 g/mol. The van der Waals surface area contributed by atoms with Crippen molar-refractivity contribution in [1.29, 1.82) is 0 Å². The van der Waals surface area contributed by atoms with Gasteiger partial charge in [0.15, 0.2) is 11.6 Å². The minimum Gasteiger partial charge on any atom is -0.490 e. The van der Waals surface area contributed by atoms with Crippen LogP contribution in [0.4, 0.5) is 11.6 Å². The van der Waals surface area contributed by atoms with Gasteiger partial charge < -0.3 is 20.7 Å². The van der Waals surface area contributed by atoms with Gasteiger partial charge in [0.1, 0.15) is 6.33 Å². The third-order valence-electron chi connectivity index (χ3n) is 3.42. The van der Waals surface area contributed by atoms with Crippen molar-refractivity contribution in [3.63, 3.8) is 0 Å². The number of nitrogens with one attached hydrogen (secondary N) is 1. The van der Waals surface area contributed by atoms with Crippen LogP contribution in [0, 0.1) is 5.92 Å². The van der Waals surface area contributed by atoms with E-state index in [1.165, 1.54) is 32.3 Å². The number of nitrogens with two attached hydrogens (primary N) is 1. The van der Waals surface area contributed by atoms with Crippen LogP contribution in [0.25, 0.3) is 0 Å². The van der Waals surface area contributed by atoms with Crippen molar-refractivity contribution < 1.29 is 4.74 Å². The lowest BCUT2D eigenvalue weighted by Gasteiger charge is -2.21. The van der Waals surface area contributed by atoms with Gasteiger partial charge in [-0.05, 0) is 31.8 Å². The molecule has 106 valence electrons. The second-order valence-electron chi connectivity index (χ2n) is 5.13. The molecule has 1 aliphatic rings. The molecule has 0 spiro atoms. The number of aromatic nitrogens is 2. The van der Waals surface area contributed by atoms with Crippen molar-refractivity contribution in [2.75, 3.05) is 44.3 Å². The Morgan fingerprint density at radius 1 is 1.42 bits per heavy atom. The second kappa shape index (κ2) is 6.56. The number of ether oxygens (including phenoxy) is 1. The minimum atomic E-state index is 0.368. The Balaban J connectivity index is 1.85. The Bertz CT molecular complexity index is 406. The fraction of sp³-hybridized carbons (Fsp3) is 0.692. The van der Waals surface area contributed by atoms with E-state index >= 15 is 0 Å². The van der Waals surface area contributed by atoms with Gasteiger partial charge >= 0.3 is 0 Å². The second-order valence-corrected chi connectivity index (χ2v) is 5.13. The van der Waals surface area contributed by atoms with Gasteiger partial charge in [-0.3, -0.25) is 0 Å². The number of anilines is 2. The van der Waals surface area contributed by atoms with Crippen LogP contribution < -0.4 is 15.8 Å². The van der Waals surface area contributed by atoms with Crippen molar-refractivity contribution in [3.05, 3.63) is 6.33 Å². The third kappa shape index (κ3) is 3.70. The van der Waals surface area contributed by atoms with Crippen LogP contribution in [0.3, 0.4) is 0 Å². The maximum atomic E-state index is 5.75. The summed E-state index contributed by atoms with van der Waals surface area (Å²) in [5.74, 6) is 2.12. The molecule has 2 heterocycles. The van der Waals surface area contributed by atoms with Crippen molar-refractivity contribution in [2.45, 2.75) is 19.8 Å². The largest absolute Gasteiger partial charge is 0.490 e. The zero-order valence-corrected chi connectivity index (χ0v) is 11.7. The summed E-state index contributed by atoms with van der Waals surface area (Å²) in [5, 5.41) is 3.30. The van der Waals surface area contributed by atoms with Crippen molar-refractivity contribution in [2.24, 2.45) is 5.92 Å². The molecule has 0 bridgehead atoms. The molecule has 6 heteroatoms. The average Bonchev–Trinajstić information content (AvgIpc) is 2.89. The topological polar surface area (TPSA) is 76.3 Å². The first-order valence-electron chi connectivity index (χ1n) is 6.81. The SMILES string of the molecule is COc1c(N)ncnc1NCC(C)CN1CCCC1. The van der Waals surface area contributed by atoms with E-state index in [2.05, 4.69) is 27.1 Å². The highest BCUT2D eigenvalue weighted by molar-refractivity contribution is 5.61. The molecule has 0 radical (unpaired) electrons. The van der Waals surface area contributed by atoms with Crippen LogP contribution >= 0.6 is 0 Å². The molecule has 19 heavy (non-hydrogen) atoms. The highest BCUT2D eigenvalue weighted by Gasteiger charge is 2.15. The molecule has 1 saturated heterocycles. The number of nitrogen functional groups attached to an aromatic ring is 1. The molecule has 1 fully saturated rings. The van der Waals surface area contributed by atoms with Gasteiger partial charge in [-0.2, -0.15) is 0 Å². The van der Waals surface area contributed by atoms with Crippen LogP contribution in [0.1, 0.15) is 19.8 Å². The van der Waals surface area contributed by atoms with E-state index in [-0.39, 0.29) is 0 Å². The summed E-state index contributed by atoms with van der Waals surface area (Å²) in [6.07, 6.45) is 4.11. The van der Waals surface area contributed by atoms with Gasteiger partial charge in [0.05, 0.1) is 7.11 Å². The number of hydrogen-bond acceptors (Lipinski definition) is 6. The van der Waals surface area contributed by atoms with Crippen LogP contribution in [0.5, 0.6) is 5.75 Å². The molecule has 6 nitrogen and oxygen atoms in total. The predicted molar refractivity (Wildman–Crippen MR) is 76.3 cm³/mol. The van der Waals surface area contributed by atoms with Gasteiger partial charge in [0.25, 0.3) is 0 Å². The number of likely N-dealkylation sites (tertiary alicyclic amines) is 1. The maximum absolute atomic E-state index is 5.75. The van der Waals surface area contributed by atoms with Gasteiger partial charge in [-0.1, -0.05) is 6.92 Å². The Labute approximate surface area is 114 Å². The summed E-state index contributed by atoms with van der Waals surface area (Å²) in [7, 11) is 1.58. The molecule has 0 amide bonds. The molecule has 0 aromatic carbocycles.